The second-order valence-corrected chi connectivity index (χ2v) is 8.44. The van der Waals surface area contributed by atoms with E-state index in [9.17, 15) is 4.79 Å². The van der Waals surface area contributed by atoms with E-state index in [0.29, 0.717) is 52.0 Å². The number of nitrogens with zero attached hydrogens (tertiary/aromatic N) is 1. The average Bonchev–Trinajstić information content (AvgIpc) is 3.41. The quantitative estimate of drug-likeness (QED) is 0.245. The van der Waals surface area contributed by atoms with Crippen molar-refractivity contribution in [2.75, 3.05) is 20.3 Å². The van der Waals surface area contributed by atoms with Gasteiger partial charge in [-0.15, -0.1) is 0 Å². The molecule has 2 heterocycles. The Bertz CT molecular complexity index is 1130. The van der Waals surface area contributed by atoms with Crippen LogP contribution in [0.15, 0.2) is 76.2 Å². The number of carbonyl (C=O) groups is 1. The minimum atomic E-state index is -0.132. The molecule has 0 aliphatic carbocycles. The van der Waals surface area contributed by atoms with Gasteiger partial charge in [0, 0.05) is 0 Å². The topological polar surface area (TPSA) is 61.1 Å². The number of hydrogen-bond acceptors (Lipinski definition) is 7. The molecule has 0 atom stereocenters. The summed E-state index contributed by atoms with van der Waals surface area (Å²) < 4.78 is 22.7. The van der Waals surface area contributed by atoms with Gasteiger partial charge in [-0.25, -0.2) is 0 Å². The third-order valence-electron chi connectivity index (χ3n) is 4.60. The number of rotatable bonds is 9. The van der Waals surface area contributed by atoms with E-state index in [0.717, 1.165) is 5.56 Å². The van der Waals surface area contributed by atoms with E-state index in [2.05, 4.69) is 0 Å². The maximum absolute atomic E-state index is 12.8. The van der Waals surface area contributed by atoms with Crippen molar-refractivity contribution in [3.8, 4) is 17.2 Å². The zero-order valence-corrected chi connectivity index (χ0v) is 19.0. The lowest BCUT2D eigenvalue weighted by atomic mass is 10.2. The summed E-state index contributed by atoms with van der Waals surface area (Å²) in [6.45, 7) is 1.06. The van der Waals surface area contributed by atoms with Crippen LogP contribution in [-0.2, 0) is 11.3 Å². The Morgan fingerprint density at radius 2 is 1.84 bits per heavy atom. The number of carbonyl (C=O) groups excluding carboxylic acids is 1. The molecular formula is C24H21NO5S2. The number of ether oxygens (including phenoxy) is 3. The summed E-state index contributed by atoms with van der Waals surface area (Å²) in [6.07, 6.45) is 3.40. The zero-order chi connectivity index (χ0) is 22.3. The molecule has 4 rings (SSSR count). The van der Waals surface area contributed by atoms with E-state index in [1.807, 2.05) is 60.7 Å². The van der Waals surface area contributed by atoms with Crippen LogP contribution in [0.2, 0.25) is 0 Å². The fourth-order valence-electron chi connectivity index (χ4n) is 3.09. The average molecular weight is 468 g/mol. The monoisotopic (exact) mass is 467 g/mol. The molecule has 8 heteroatoms. The minimum Gasteiger partial charge on any atom is -0.493 e. The molecule has 2 aromatic carbocycles. The van der Waals surface area contributed by atoms with E-state index in [4.69, 9.17) is 30.8 Å². The molecule has 1 amide bonds. The molecule has 1 fully saturated rings. The van der Waals surface area contributed by atoms with Gasteiger partial charge >= 0.3 is 0 Å². The van der Waals surface area contributed by atoms with Crippen LogP contribution < -0.4 is 14.2 Å². The minimum absolute atomic E-state index is 0.132. The second-order valence-electron chi connectivity index (χ2n) is 6.77. The van der Waals surface area contributed by atoms with Crippen LogP contribution in [0.25, 0.3) is 6.08 Å². The highest BCUT2D eigenvalue weighted by atomic mass is 32.2. The predicted octanol–water partition coefficient (Wildman–Crippen LogP) is 5.15. The summed E-state index contributed by atoms with van der Waals surface area (Å²) in [5.74, 6) is 2.59. The maximum atomic E-state index is 12.8. The van der Waals surface area contributed by atoms with Gasteiger partial charge in [-0.2, -0.15) is 0 Å². The van der Waals surface area contributed by atoms with Crippen LogP contribution in [0.3, 0.4) is 0 Å². The van der Waals surface area contributed by atoms with E-state index in [1.54, 1.807) is 24.3 Å². The van der Waals surface area contributed by atoms with Gasteiger partial charge < -0.3 is 18.6 Å². The summed E-state index contributed by atoms with van der Waals surface area (Å²) in [6, 6.07) is 18.6. The molecule has 0 spiro atoms. The van der Waals surface area contributed by atoms with Gasteiger partial charge in [0.25, 0.3) is 5.91 Å². The number of para-hydroxylation sites is 2. The van der Waals surface area contributed by atoms with Crippen molar-refractivity contribution in [3.05, 3.63) is 83.2 Å². The Labute approximate surface area is 195 Å². The lowest BCUT2D eigenvalue weighted by Gasteiger charge is -2.12. The smallest absolute Gasteiger partial charge is 0.266 e. The normalized spacial score (nSPS) is 14.8. The highest BCUT2D eigenvalue weighted by molar-refractivity contribution is 8.26. The third kappa shape index (κ3) is 5.33. The number of furan rings is 1. The number of thioether (sulfide) groups is 1. The molecule has 32 heavy (non-hydrogen) atoms. The fraction of sp³-hybridized carbons (Fsp3) is 0.167. The van der Waals surface area contributed by atoms with Crippen molar-refractivity contribution < 1.29 is 23.4 Å². The predicted molar refractivity (Wildman–Crippen MR) is 128 cm³/mol. The van der Waals surface area contributed by atoms with Gasteiger partial charge in [0.15, 0.2) is 11.5 Å². The van der Waals surface area contributed by atoms with Crippen LogP contribution >= 0.6 is 24.0 Å². The standard InChI is InChI=1S/C24H21NO5S2/c1-27-20-9-2-3-10-21(20)30-13-12-29-18-7-4-6-17(14-18)15-22-23(26)25(24(31)32-22)16-19-8-5-11-28-19/h2-11,14-15H,12-13,16H2,1H3. The lowest BCUT2D eigenvalue weighted by molar-refractivity contribution is -0.122. The first-order chi connectivity index (χ1) is 15.6. The second kappa shape index (κ2) is 10.4. The SMILES string of the molecule is COc1ccccc1OCCOc1cccc(C=C2SC(=S)N(Cc3ccco3)C2=O)c1. The number of amides is 1. The Morgan fingerprint density at radius 3 is 2.62 bits per heavy atom. The molecule has 1 aliphatic rings. The summed E-state index contributed by atoms with van der Waals surface area (Å²) in [5, 5.41) is 0. The van der Waals surface area contributed by atoms with E-state index >= 15 is 0 Å². The third-order valence-corrected chi connectivity index (χ3v) is 5.98. The molecule has 6 nitrogen and oxygen atoms in total. The summed E-state index contributed by atoms with van der Waals surface area (Å²) in [5.41, 5.74) is 0.853. The first-order valence-corrected chi connectivity index (χ1v) is 11.1. The molecule has 164 valence electrons. The van der Waals surface area contributed by atoms with Gasteiger partial charge in [-0.3, -0.25) is 9.69 Å². The molecule has 0 N–H and O–H groups in total. The molecule has 1 aliphatic heterocycles. The van der Waals surface area contributed by atoms with Crippen LogP contribution in [0.5, 0.6) is 17.2 Å². The molecular weight excluding hydrogens is 446 g/mol. The molecule has 0 radical (unpaired) electrons. The largest absolute Gasteiger partial charge is 0.493 e. The van der Waals surface area contributed by atoms with E-state index < -0.39 is 0 Å². The molecule has 1 saturated heterocycles. The number of hydrogen-bond donors (Lipinski definition) is 0. The highest BCUT2D eigenvalue weighted by Crippen LogP contribution is 2.34. The number of thiocarbonyl (C=S) groups is 1. The maximum Gasteiger partial charge on any atom is 0.266 e. The fourth-order valence-corrected chi connectivity index (χ4v) is 4.34. The molecule has 1 aromatic heterocycles. The van der Waals surface area contributed by atoms with Gasteiger partial charge in [-0.05, 0) is 48.0 Å². The Balaban J connectivity index is 1.35. The first kappa shape index (κ1) is 22.0. The first-order valence-electron chi connectivity index (χ1n) is 9.90. The highest BCUT2D eigenvalue weighted by Gasteiger charge is 2.32. The van der Waals surface area contributed by atoms with Crippen LogP contribution in [0.4, 0.5) is 0 Å². The number of methoxy groups -OCH3 is 1. The van der Waals surface area contributed by atoms with Crippen LogP contribution in [0, 0.1) is 0 Å². The molecule has 0 unspecified atom stereocenters. The summed E-state index contributed by atoms with van der Waals surface area (Å²) in [4.78, 5) is 14.9. The van der Waals surface area contributed by atoms with Crippen molar-refractivity contribution >= 4 is 40.3 Å². The van der Waals surface area contributed by atoms with E-state index in [-0.39, 0.29) is 5.91 Å². The molecule has 0 bridgehead atoms. The summed E-state index contributed by atoms with van der Waals surface area (Å²) >= 11 is 6.66. The lowest BCUT2D eigenvalue weighted by Crippen LogP contribution is -2.27. The van der Waals surface area contributed by atoms with Crippen molar-refractivity contribution in [1.82, 2.24) is 4.90 Å². The van der Waals surface area contributed by atoms with Gasteiger partial charge in [0.05, 0.1) is 24.8 Å². The van der Waals surface area contributed by atoms with Gasteiger partial charge in [-0.1, -0.05) is 48.2 Å². The van der Waals surface area contributed by atoms with Crippen molar-refractivity contribution in [2.45, 2.75) is 6.54 Å². The Kier molecular flexibility index (Phi) is 7.14. The number of benzene rings is 2. The van der Waals surface area contributed by atoms with E-state index in [1.165, 1.54) is 11.8 Å². The van der Waals surface area contributed by atoms with Gasteiger partial charge in [0.1, 0.15) is 29.0 Å². The van der Waals surface area contributed by atoms with Gasteiger partial charge in [0.2, 0.25) is 0 Å². The summed E-state index contributed by atoms with van der Waals surface area (Å²) in [7, 11) is 1.61. The molecule has 3 aromatic rings. The Morgan fingerprint density at radius 1 is 1.03 bits per heavy atom. The van der Waals surface area contributed by atoms with Crippen molar-refractivity contribution in [2.24, 2.45) is 0 Å². The van der Waals surface area contributed by atoms with Crippen molar-refractivity contribution in [1.29, 1.82) is 0 Å². The zero-order valence-electron chi connectivity index (χ0n) is 17.4. The Hall–Kier alpha value is -3.23. The van der Waals surface area contributed by atoms with Crippen LogP contribution in [-0.4, -0.2) is 35.5 Å². The van der Waals surface area contributed by atoms with Crippen LogP contribution in [0.1, 0.15) is 11.3 Å². The van der Waals surface area contributed by atoms with Crippen molar-refractivity contribution in [3.63, 3.8) is 0 Å². The molecule has 0 saturated carbocycles.